The Balaban J connectivity index is 2.21. The fraction of sp³-hybridized carbons (Fsp3) is 0.409. The van der Waals surface area contributed by atoms with Crippen molar-refractivity contribution < 1.29 is 24.1 Å². The summed E-state index contributed by atoms with van der Waals surface area (Å²) < 4.78 is 17.1. The first kappa shape index (κ1) is 20.0. The van der Waals surface area contributed by atoms with E-state index in [0.717, 1.165) is 23.3 Å². The van der Waals surface area contributed by atoms with Crippen LogP contribution < -0.4 is 14.2 Å². The summed E-state index contributed by atoms with van der Waals surface area (Å²) in [7, 11) is 3.20. The Bertz CT molecular complexity index is 822. The van der Waals surface area contributed by atoms with E-state index in [9.17, 15) is 9.90 Å². The summed E-state index contributed by atoms with van der Waals surface area (Å²) in [6.45, 7) is 3.15. The highest BCUT2D eigenvalue weighted by atomic mass is 16.5. The number of rotatable bonds is 8. The first-order valence-corrected chi connectivity index (χ1v) is 9.53. The van der Waals surface area contributed by atoms with Crippen molar-refractivity contribution >= 4 is 5.97 Å². The van der Waals surface area contributed by atoms with Crippen molar-refractivity contribution in [3.05, 3.63) is 53.6 Å². The Morgan fingerprint density at radius 1 is 1.11 bits per heavy atom. The number of likely N-dealkylation sites (tertiary alicyclic amines) is 1. The van der Waals surface area contributed by atoms with Crippen molar-refractivity contribution in [2.24, 2.45) is 0 Å². The number of benzene rings is 2. The molecule has 2 atom stereocenters. The highest BCUT2D eigenvalue weighted by Gasteiger charge is 2.39. The average Bonchev–Trinajstić information content (AvgIpc) is 3.19. The second kappa shape index (κ2) is 8.97. The fourth-order valence-electron chi connectivity index (χ4n) is 4.01. The van der Waals surface area contributed by atoms with E-state index >= 15 is 0 Å². The van der Waals surface area contributed by atoms with Gasteiger partial charge in [0.05, 0.1) is 26.9 Å². The molecule has 2 aromatic rings. The number of hydrogen-bond donors (Lipinski definition) is 1. The third-order valence-corrected chi connectivity index (χ3v) is 5.15. The number of carboxylic acid groups (broad SMARTS) is 1. The molecule has 6 nitrogen and oxygen atoms in total. The minimum Gasteiger partial charge on any atom is -0.494 e. The van der Waals surface area contributed by atoms with Crippen LogP contribution in [0, 0.1) is 0 Å². The van der Waals surface area contributed by atoms with Gasteiger partial charge in [0.25, 0.3) is 0 Å². The highest BCUT2D eigenvalue weighted by Crippen LogP contribution is 2.44. The van der Waals surface area contributed by atoms with Crippen LogP contribution in [-0.4, -0.2) is 49.4 Å². The van der Waals surface area contributed by atoms with Gasteiger partial charge in [-0.15, -0.1) is 0 Å². The maximum absolute atomic E-state index is 11.9. The summed E-state index contributed by atoms with van der Waals surface area (Å²) in [5.41, 5.74) is 1.78. The van der Waals surface area contributed by atoms with Crippen LogP contribution in [0.25, 0.3) is 0 Å². The van der Waals surface area contributed by atoms with Crippen LogP contribution in [0.5, 0.6) is 17.2 Å². The van der Waals surface area contributed by atoms with Crippen molar-refractivity contribution in [1.29, 1.82) is 0 Å². The molecule has 3 rings (SSSR count). The molecule has 0 bridgehead atoms. The van der Waals surface area contributed by atoms with Gasteiger partial charge in [0.2, 0.25) is 0 Å². The van der Waals surface area contributed by atoms with Crippen LogP contribution in [0.1, 0.15) is 36.9 Å². The van der Waals surface area contributed by atoms with Gasteiger partial charge < -0.3 is 19.3 Å². The number of ether oxygens (including phenoxy) is 3. The number of carboxylic acids is 1. The monoisotopic (exact) mass is 385 g/mol. The van der Waals surface area contributed by atoms with E-state index in [2.05, 4.69) is 0 Å². The largest absolute Gasteiger partial charge is 0.494 e. The summed E-state index contributed by atoms with van der Waals surface area (Å²) in [5, 5.41) is 9.80. The minimum atomic E-state index is -0.807. The zero-order valence-corrected chi connectivity index (χ0v) is 16.6. The Morgan fingerprint density at radius 3 is 2.50 bits per heavy atom. The van der Waals surface area contributed by atoms with Crippen LogP contribution in [0.4, 0.5) is 0 Å². The SMILES string of the molecule is CCOc1ccccc1C(c1cccc(OC)c1OC)N1CCCC1C(=O)O. The van der Waals surface area contributed by atoms with Crippen molar-refractivity contribution in [2.45, 2.75) is 31.8 Å². The molecule has 2 aromatic carbocycles. The zero-order chi connectivity index (χ0) is 20.1. The van der Waals surface area contributed by atoms with Gasteiger partial charge in [-0.2, -0.15) is 0 Å². The molecule has 1 heterocycles. The maximum Gasteiger partial charge on any atom is 0.320 e. The van der Waals surface area contributed by atoms with Gasteiger partial charge in [0, 0.05) is 17.7 Å². The summed E-state index contributed by atoms with van der Waals surface area (Å²) in [6, 6.07) is 12.6. The maximum atomic E-state index is 11.9. The summed E-state index contributed by atoms with van der Waals surface area (Å²) in [4.78, 5) is 14.0. The molecule has 6 heteroatoms. The normalized spacial score (nSPS) is 17.9. The molecule has 0 aromatic heterocycles. The van der Waals surface area contributed by atoms with Gasteiger partial charge in [-0.1, -0.05) is 30.3 Å². The molecule has 1 N–H and O–H groups in total. The molecule has 0 amide bonds. The quantitative estimate of drug-likeness (QED) is 0.747. The van der Waals surface area contributed by atoms with Gasteiger partial charge in [-0.25, -0.2) is 0 Å². The van der Waals surface area contributed by atoms with E-state index in [1.165, 1.54) is 0 Å². The third kappa shape index (κ3) is 3.78. The highest BCUT2D eigenvalue weighted by molar-refractivity contribution is 5.74. The van der Waals surface area contributed by atoms with Crippen molar-refractivity contribution in [3.63, 3.8) is 0 Å². The van der Waals surface area contributed by atoms with Crippen LogP contribution in [0.2, 0.25) is 0 Å². The molecule has 1 aliphatic heterocycles. The molecule has 0 radical (unpaired) electrons. The molecule has 2 unspecified atom stereocenters. The first-order chi connectivity index (χ1) is 13.6. The van der Waals surface area contributed by atoms with Gasteiger partial charge in [-0.05, 0) is 31.9 Å². The van der Waals surface area contributed by atoms with Crippen LogP contribution in [-0.2, 0) is 4.79 Å². The van der Waals surface area contributed by atoms with Crippen LogP contribution in [0.15, 0.2) is 42.5 Å². The molecular weight excluding hydrogens is 358 g/mol. The number of methoxy groups -OCH3 is 2. The van der Waals surface area contributed by atoms with Gasteiger partial charge in [0.15, 0.2) is 11.5 Å². The lowest BCUT2D eigenvalue weighted by Gasteiger charge is -2.34. The molecule has 0 aliphatic carbocycles. The van der Waals surface area contributed by atoms with Crippen molar-refractivity contribution in [3.8, 4) is 17.2 Å². The lowest BCUT2D eigenvalue weighted by atomic mass is 9.94. The molecule has 1 aliphatic rings. The minimum absolute atomic E-state index is 0.323. The van der Waals surface area contributed by atoms with E-state index in [-0.39, 0.29) is 6.04 Å². The summed E-state index contributed by atoms with van der Waals surface area (Å²) in [6.07, 6.45) is 1.45. The van der Waals surface area contributed by atoms with Gasteiger partial charge >= 0.3 is 5.97 Å². The fourth-order valence-corrected chi connectivity index (χ4v) is 4.01. The zero-order valence-electron chi connectivity index (χ0n) is 16.6. The van der Waals surface area contributed by atoms with E-state index in [1.807, 2.05) is 54.3 Å². The lowest BCUT2D eigenvalue weighted by molar-refractivity contribution is -0.142. The molecule has 1 saturated heterocycles. The number of carbonyl (C=O) groups is 1. The van der Waals surface area contributed by atoms with Gasteiger partial charge in [-0.3, -0.25) is 9.69 Å². The standard InChI is InChI=1S/C22H27NO5/c1-4-28-18-12-6-5-9-15(18)20(23-14-8-11-17(23)22(24)25)16-10-7-13-19(26-2)21(16)27-3/h5-7,9-10,12-13,17,20H,4,8,11,14H2,1-3H3,(H,24,25). The third-order valence-electron chi connectivity index (χ3n) is 5.15. The molecule has 28 heavy (non-hydrogen) atoms. The van der Waals surface area contributed by atoms with E-state index in [4.69, 9.17) is 14.2 Å². The van der Waals surface area contributed by atoms with Crippen molar-refractivity contribution in [2.75, 3.05) is 27.4 Å². The Labute approximate surface area is 165 Å². The summed E-state index contributed by atoms with van der Waals surface area (Å²) >= 11 is 0. The average molecular weight is 385 g/mol. The van der Waals surface area contributed by atoms with Crippen molar-refractivity contribution in [1.82, 2.24) is 4.90 Å². The van der Waals surface area contributed by atoms with Gasteiger partial charge in [0.1, 0.15) is 11.8 Å². The number of hydrogen-bond acceptors (Lipinski definition) is 5. The van der Waals surface area contributed by atoms with E-state index in [1.54, 1.807) is 14.2 Å². The van der Waals surface area contributed by atoms with E-state index in [0.29, 0.717) is 31.1 Å². The molecule has 0 spiro atoms. The smallest absolute Gasteiger partial charge is 0.320 e. The lowest BCUT2D eigenvalue weighted by Crippen LogP contribution is -2.39. The van der Waals surface area contributed by atoms with Crippen LogP contribution in [0.3, 0.4) is 0 Å². The molecule has 1 fully saturated rings. The first-order valence-electron chi connectivity index (χ1n) is 9.53. The number of nitrogens with zero attached hydrogens (tertiary/aromatic N) is 1. The summed E-state index contributed by atoms with van der Waals surface area (Å²) in [5.74, 6) is 1.16. The predicted octanol–water partition coefficient (Wildman–Crippen LogP) is 3.74. The van der Waals surface area contributed by atoms with Crippen LogP contribution >= 0.6 is 0 Å². The van der Waals surface area contributed by atoms with E-state index < -0.39 is 12.0 Å². The second-order valence-electron chi connectivity index (χ2n) is 6.69. The molecular formula is C22H27NO5. The Kier molecular flexibility index (Phi) is 6.41. The molecule has 150 valence electrons. The number of para-hydroxylation sites is 2. The number of aliphatic carboxylic acids is 1. The topological polar surface area (TPSA) is 68.2 Å². The molecule has 0 saturated carbocycles. The second-order valence-corrected chi connectivity index (χ2v) is 6.69. The Hall–Kier alpha value is -2.73. The Morgan fingerprint density at radius 2 is 1.82 bits per heavy atom. The predicted molar refractivity (Wildman–Crippen MR) is 106 cm³/mol.